The first-order valence-corrected chi connectivity index (χ1v) is 7.96. The summed E-state index contributed by atoms with van der Waals surface area (Å²) in [7, 11) is 1.88. The first-order chi connectivity index (χ1) is 9.70. The second-order valence-corrected chi connectivity index (χ2v) is 6.35. The van der Waals surface area contributed by atoms with E-state index in [2.05, 4.69) is 26.2 Å². The molecule has 1 aromatic rings. The number of aromatic nitrogens is 4. The highest BCUT2D eigenvalue weighted by Crippen LogP contribution is 2.22. The summed E-state index contributed by atoms with van der Waals surface area (Å²) in [5, 5.41) is 18.2. The molecule has 1 saturated carbocycles. The van der Waals surface area contributed by atoms with Gasteiger partial charge in [0.25, 0.3) is 0 Å². The van der Waals surface area contributed by atoms with Crippen LogP contribution in [-0.4, -0.2) is 51.0 Å². The Morgan fingerprint density at radius 1 is 1.50 bits per heavy atom. The average Bonchev–Trinajstić information content (AvgIpc) is 3.08. The van der Waals surface area contributed by atoms with Crippen molar-refractivity contribution in [2.45, 2.75) is 55.6 Å². The van der Waals surface area contributed by atoms with Crippen LogP contribution in [0, 0.1) is 0 Å². The van der Waals surface area contributed by atoms with Gasteiger partial charge in [0.05, 0.1) is 11.8 Å². The third-order valence-electron chi connectivity index (χ3n) is 3.43. The Kier molecular flexibility index (Phi) is 5.78. The largest absolute Gasteiger partial charge is 0.352 e. The molecule has 1 atom stereocenters. The molecular weight excluding hydrogens is 276 g/mol. The lowest BCUT2D eigenvalue weighted by Gasteiger charge is -2.15. The molecule has 112 valence electrons. The van der Waals surface area contributed by atoms with Crippen molar-refractivity contribution < 1.29 is 4.79 Å². The highest BCUT2D eigenvalue weighted by Gasteiger charge is 2.22. The van der Waals surface area contributed by atoms with Crippen LogP contribution in [0.25, 0.3) is 0 Å². The quantitative estimate of drug-likeness (QED) is 0.710. The fraction of sp³-hybridized carbons (Fsp3) is 0.833. The van der Waals surface area contributed by atoms with Gasteiger partial charge in [-0.1, -0.05) is 24.6 Å². The van der Waals surface area contributed by atoms with Gasteiger partial charge in [-0.15, -0.1) is 5.10 Å². The smallest absolute Gasteiger partial charge is 0.233 e. The summed E-state index contributed by atoms with van der Waals surface area (Å²) in [6.45, 7) is 3.39. The monoisotopic (exact) mass is 298 g/mol. The predicted octanol–water partition coefficient (Wildman–Crippen LogP) is 0.432. The molecule has 0 aliphatic heterocycles. The standard InChI is InChI=1S/C12H22N6OS/c1-9(11(19)14-10-5-3-4-6-10)20-12-15-16-17-18(12)8-7-13-2/h9-10,13H,3-8H2,1-2H3,(H,14,19). The summed E-state index contributed by atoms with van der Waals surface area (Å²) >= 11 is 1.41. The number of rotatable bonds is 7. The Hall–Kier alpha value is -1.15. The van der Waals surface area contributed by atoms with Crippen molar-refractivity contribution in [3.63, 3.8) is 0 Å². The van der Waals surface area contributed by atoms with E-state index in [1.54, 1.807) is 4.68 Å². The maximum atomic E-state index is 12.1. The molecule has 7 nitrogen and oxygen atoms in total. The van der Waals surface area contributed by atoms with Crippen molar-refractivity contribution in [1.82, 2.24) is 30.8 Å². The minimum absolute atomic E-state index is 0.0741. The van der Waals surface area contributed by atoms with E-state index < -0.39 is 0 Å². The van der Waals surface area contributed by atoms with Crippen molar-refractivity contribution in [3.8, 4) is 0 Å². The third-order valence-corrected chi connectivity index (χ3v) is 4.50. The molecule has 2 N–H and O–H groups in total. The number of carbonyl (C=O) groups is 1. The zero-order chi connectivity index (χ0) is 14.4. The number of nitrogens with zero attached hydrogens (tertiary/aromatic N) is 4. The first kappa shape index (κ1) is 15.2. The lowest BCUT2D eigenvalue weighted by molar-refractivity contribution is -0.120. The van der Waals surface area contributed by atoms with Crippen molar-refractivity contribution in [1.29, 1.82) is 0 Å². The summed E-state index contributed by atoms with van der Waals surface area (Å²) in [4.78, 5) is 12.1. The maximum Gasteiger partial charge on any atom is 0.233 e. The Balaban J connectivity index is 1.85. The van der Waals surface area contributed by atoms with Gasteiger partial charge in [0.2, 0.25) is 11.1 Å². The number of nitrogens with one attached hydrogen (secondary N) is 2. The van der Waals surface area contributed by atoms with Crippen LogP contribution in [0.3, 0.4) is 0 Å². The molecule has 20 heavy (non-hydrogen) atoms. The van der Waals surface area contributed by atoms with Crippen molar-refractivity contribution in [2.24, 2.45) is 0 Å². The molecule has 0 radical (unpaired) electrons. The van der Waals surface area contributed by atoms with Crippen LogP contribution in [0.5, 0.6) is 0 Å². The van der Waals surface area contributed by atoms with Gasteiger partial charge in [0.1, 0.15) is 0 Å². The molecule has 1 aliphatic rings. The Bertz CT molecular complexity index is 431. The summed E-state index contributed by atoms with van der Waals surface area (Å²) < 4.78 is 1.72. The van der Waals surface area contributed by atoms with E-state index in [0.717, 1.165) is 19.4 Å². The van der Waals surface area contributed by atoms with Crippen molar-refractivity contribution >= 4 is 17.7 Å². The van der Waals surface area contributed by atoms with Crippen molar-refractivity contribution in [3.05, 3.63) is 0 Å². The third kappa shape index (κ3) is 4.17. The Morgan fingerprint density at radius 2 is 2.25 bits per heavy atom. The molecule has 1 amide bonds. The van der Waals surface area contributed by atoms with Gasteiger partial charge in [-0.3, -0.25) is 4.79 Å². The topological polar surface area (TPSA) is 84.7 Å². The summed E-state index contributed by atoms with van der Waals surface area (Å²) in [5.74, 6) is 0.0741. The number of carbonyl (C=O) groups excluding carboxylic acids is 1. The van der Waals surface area contributed by atoms with Crippen LogP contribution in [0.2, 0.25) is 0 Å². The number of tetrazole rings is 1. The van der Waals surface area contributed by atoms with Gasteiger partial charge in [-0.25, -0.2) is 4.68 Å². The van der Waals surface area contributed by atoms with Gasteiger partial charge < -0.3 is 10.6 Å². The second-order valence-electron chi connectivity index (χ2n) is 5.04. The van der Waals surface area contributed by atoms with Crippen LogP contribution in [0.15, 0.2) is 5.16 Å². The summed E-state index contributed by atoms with van der Waals surface area (Å²) in [5.41, 5.74) is 0. The van der Waals surface area contributed by atoms with Gasteiger partial charge >= 0.3 is 0 Å². The lowest BCUT2D eigenvalue weighted by atomic mass is 10.2. The summed E-state index contributed by atoms with van der Waals surface area (Å²) in [6, 6.07) is 0.353. The summed E-state index contributed by atoms with van der Waals surface area (Å²) in [6.07, 6.45) is 4.63. The van der Waals surface area contributed by atoms with Crippen LogP contribution in [-0.2, 0) is 11.3 Å². The molecule has 0 bridgehead atoms. The Morgan fingerprint density at radius 3 is 2.95 bits per heavy atom. The highest BCUT2D eigenvalue weighted by molar-refractivity contribution is 8.00. The minimum atomic E-state index is -0.185. The van der Waals surface area contributed by atoms with E-state index in [0.29, 0.717) is 17.7 Å². The van der Waals surface area contributed by atoms with Gasteiger partial charge in [0, 0.05) is 12.6 Å². The van der Waals surface area contributed by atoms with E-state index in [4.69, 9.17) is 0 Å². The van der Waals surface area contributed by atoms with Gasteiger partial charge in [-0.05, 0) is 37.2 Å². The van der Waals surface area contributed by atoms with Crippen LogP contribution < -0.4 is 10.6 Å². The van der Waals surface area contributed by atoms with E-state index in [9.17, 15) is 4.79 Å². The molecule has 1 unspecified atom stereocenters. The van der Waals surface area contributed by atoms with Crippen molar-refractivity contribution in [2.75, 3.05) is 13.6 Å². The number of likely N-dealkylation sites (N-methyl/N-ethyl adjacent to an activating group) is 1. The molecule has 2 rings (SSSR count). The molecule has 1 aliphatic carbocycles. The number of thioether (sulfide) groups is 1. The van der Waals surface area contributed by atoms with Crippen LogP contribution >= 0.6 is 11.8 Å². The van der Waals surface area contributed by atoms with E-state index in [1.165, 1.54) is 24.6 Å². The van der Waals surface area contributed by atoms with Gasteiger partial charge in [-0.2, -0.15) is 0 Å². The lowest BCUT2D eigenvalue weighted by Crippen LogP contribution is -2.37. The molecule has 0 saturated heterocycles. The zero-order valence-corrected chi connectivity index (χ0v) is 12.8. The predicted molar refractivity (Wildman–Crippen MR) is 77.5 cm³/mol. The molecule has 1 aromatic heterocycles. The maximum absolute atomic E-state index is 12.1. The van der Waals surface area contributed by atoms with Crippen LogP contribution in [0.1, 0.15) is 32.6 Å². The van der Waals surface area contributed by atoms with Gasteiger partial charge in [0.15, 0.2) is 0 Å². The number of hydrogen-bond acceptors (Lipinski definition) is 6. The first-order valence-electron chi connectivity index (χ1n) is 7.08. The molecule has 1 heterocycles. The average molecular weight is 298 g/mol. The normalized spacial score (nSPS) is 17.3. The minimum Gasteiger partial charge on any atom is -0.352 e. The molecular formula is C12H22N6OS. The SMILES string of the molecule is CNCCn1nnnc1SC(C)C(=O)NC1CCCC1. The fourth-order valence-corrected chi connectivity index (χ4v) is 3.06. The molecule has 8 heteroatoms. The second kappa shape index (κ2) is 7.58. The molecule has 1 fully saturated rings. The highest BCUT2D eigenvalue weighted by atomic mass is 32.2. The fourth-order valence-electron chi connectivity index (χ4n) is 2.24. The number of amides is 1. The van der Waals surface area contributed by atoms with E-state index in [-0.39, 0.29) is 11.2 Å². The molecule has 0 aromatic carbocycles. The number of hydrogen-bond donors (Lipinski definition) is 2. The van der Waals surface area contributed by atoms with E-state index >= 15 is 0 Å². The van der Waals surface area contributed by atoms with Crippen LogP contribution in [0.4, 0.5) is 0 Å². The molecule has 0 spiro atoms. The zero-order valence-electron chi connectivity index (χ0n) is 12.0. The van der Waals surface area contributed by atoms with E-state index in [1.807, 2.05) is 14.0 Å². The Labute approximate surface area is 123 Å².